The third kappa shape index (κ3) is 2.61. The number of carbonyl (C=O) groups is 1. The first-order valence-electron chi connectivity index (χ1n) is 7.45. The van der Waals surface area contributed by atoms with Crippen LogP contribution >= 0.6 is 22.9 Å². The zero-order chi connectivity index (χ0) is 16.7. The Balaban J connectivity index is 1.78. The van der Waals surface area contributed by atoms with Gasteiger partial charge in [-0.25, -0.2) is 9.07 Å². The van der Waals surface area contributed by atoms with E-state index in [4.69, 9.17) is 11.6 Å². The smallest absolute Gasteiger partial charge is 0.226 e. The number of nitrogens with one attached hydrogen (secondary N) is 1. The fraction of sp³-hybridized carbons (Fsp3) is 0.176. The minimum atomic E-state index is -0.431. The number of fused-ring (bicyclic) bond motifs is 1. The predicted octanol–water partition coefficient (Wildman–Crippen LogP) is 4.26. The predicted molar refractivity (Wildman–Crippen MR) is 92.1 cm³/mol. The van der Waals surface area contributed by atoms with Crippen LogP contribution in [-0.4, -0.2) is 15.7 Å². The van der Waals surface area contributed by atoms with E-state index in [9.17, 15) is 9.18 Å². The van der Waals surface area contributed by atoms with Gasteiger partial charge in [-0.3, -0.25) is 4.79 Å². The van der Waals surface area contributed by atoms with Crippen LogP contribution in [0.5, 0.6) is 0 Å². The Bertz CT molecular complexity index is 886. The van der Waals surface area contributed by atoms with Gasteiger partial charge in [0.25, 0.3) is 0 Å². The zero-order valence-electron chi connectivity index (χ0n) is 12.5. The molecule has 0 saturated carbocycles. The monoisotopic (exact) mass is 361 g/mol. The van der Waals surface area contributed by atoms with Gasteiger partial charge in [0.1, 0.15) is 11.6 Å². The molecular formula is C17H13ClFN3OS. The molecule has 24 heavy (non-hydrogen) atoms. The van der Waals surface area contributed by atoms with Gasteiger partial charge in [0, 0.05) is 33.4 Å². The quantitative estimate of drug-likeness (QED) is 0.757. The lowest BCUT2D eigenvalue weighted by atomic mass is 9.87. The third-order valence-electron chi connectivity index (χ3n) is 4.12. The van der Waals surface area contributed by atoms with Crippen molar-refractivity contribution in [1.29, 1.82) is 0 Å². The summed E-state index contributed by atoms with van der Waals surface area (Å²) in [6, 6.07) is 8.54. The van der Waals surface area contributed by atoms with Crippen molar-refractivity contribution in [3.63, 3.8) is 0 Å². The molecule has 0 spiro atoms. The normalized spacial score (nSPS) is 16.8. The molecule has 2 aromatic heterocycles. The Morgan fingerprint density at radius 2 is 2.25 bits per heavy atom. The van der Waals surface area contributed by atoms with E-state index in [-0.39, 0.29) is 12.3 Å². The first-order valence-corrected chi connectivity index (χ1v) is 8.71. The summed E-state index contributed by atoms with van der Waals surface area (Å²) >= 11 is 7.82. The molecule has 1 aliphatic heterocycles. The van der Waals surface area contributed by atoms with Crippen molar-refractivity contribution in [2.24, 2.45) is 0 Å². The first kappa shape index (κ1) is 15.4. The van der Waals surface area contributed by atoms with E-state index in [1.54, 1.807) is 34.3 Å². The molecule has 0 aliphatic carbocycles. The third-order valence-corrected chi connectivity index (χ3v) is 5.32. The molecule has 4 rings (SSSR count). The Labute approximate surface area is 146 Å². The molecule has 3 aromatic rings. The number of nitrogens with zero attached hydrogens (tertiary/aromatic N) is 2. The highest BCUT2D eigenvalue weighted by molar-refractivity contribution is 7.09. The number of hydrogen-bond donors (Lipinski definition) is 1. The number of carbonyl (C=O) groups excluding carboxylic acids is 1. The van der Waals surface area contributed by atoms with Crippen LogP contribution in [0.15, 0.2) is 41.9 Å². The minimum Gasteiger partial charge on any atom is -0.311 e. The molecular weight excluding hydrogens is 349 g/mol. The second-order valence-corrected chi connectivity index (χ2v) is 7.07. The van der Waals surface area contributed by atoms with E-state index < -0.39 is 11.7 Å². The van der Waals surface area contributed by atoms with Crippen LogP contribution < -0.4 is 5.32 Å². The van der Waals surface area contributed by atoms with Crippen LogP contribution in [0, 0.1) is 5.82 Å². The van der Waals surface area contributed by atoms with Crippen LogP contribution in [0.25, 0.3) is 0 Å². The van der Waals surface area contributed by atoms with E-state index in [2.05, 4.69) is 10.4 Å². The number of rotatable bonds is 3. The van der Waals surface area contributed by atoms with Gasteiger partial charge in [0.05, 0.1) is 12.7 Å². The molecule has 1 amide bonds. The van der Waals surface area contributed by atoms with Crippen molar-refractivity contribution in [1.82, 2.24) is 9.78 Å². The minimum absolute atomic E-state index is 0.151. The number of aromatic nitrogens is 2. The Hall–Kier alpha value is -2.18. The van der Waals surface area contributed by atoms with Crippen LogP contribution in [0.4, 0.5) is 10.2 Å². The van der Waals surface area contributed by atoms with Crippen molar-refractivity contribution in [3.8, 4) is 0 Å². The molecule has 0 saturated heterocycles. The molecule has 3 heterocycles. The average Bonchev–Trinajstić information content (AvgIpc) is 3.18. The van der Waals surface area contributed by atoms with Crippen molar-refractivity contribution < 1.29 is 9.18 Å². The lowest BCUT2D eigenvalue weighted by Crippen LogP contribution is -2.25. The highest BCUT2D eigenvalue weighted by Crippen LogP contribution is 2.41. The maximum Gasteiger partial charge on any atom is 0.226 e. The van der Waals surface area contributed by atoms with Crippen molar-refractivity contribution >= 4 is 34.7 Å². The zero-order valence-corrected chi connectivity index (χ0v) is 14.1. The highest BCUT2D eigenvalue weighted by Gasteiger charge is 2.32. The second kappa shape index (κ2) is 6.03. The van der Waals surface area contributed by atoms with Gasteiger partial charge in [-0.15, -0.1) is 11.3 Å². The SMILES string of the molecule is O=C1C[C@H](c2c(F)cccc2Cl)c2cnn(Cc3cccs3)c2N1. The standard InChI is InChI=1S/C17H13ClFN3OS/c18-13-4-1-5-14(19)16(13)11-7-15(23)21-17-12(11)8-20-22(17)9-10-3-2-6-24-10/h1-6,8,11H,7,9H2,(H,21,23)/t11-/m0/s1. The number of amides is 1. The summed E-state index contributed by atoms with van der Waals surface area (Å²) in [6.07, 6.45) is 1.84. The van der Waals surface area contributed by atoms with Crippen LogP contribution in [0.3, 0.4) is 0 Å². The molecule has 1 N–H and O–H groups in total. The van der Waals surface area contributed by atoms with Crippen molar-refractivity contribution in [3.05, 3.63) is 68.8 Å². The number of halogens is 2. The summed E-state index contributed by atoms with van der Waals surface area (Å²) < 4.78 is 16.1. The highest BCUT2D eigenvalue weighted by atomic mass is 35.5. The fourth-order valence-corrected chi connectivity index (χ4v) is 4.02. The summed E-state index contributed by atoms with van der Waals surface area (Å²) in [4.78, 5) is 13.3. The number of benzene rings is 1. The van der Waals surface area contributed by atoms with Crippen LogP contribution in [0.2, 0.25) is 5.02 Å². The number of anilines is 1. The lowest BCUT2D eigenvalue weighted by molar-refractivity contribution is -0.116. The summed E-state index contributed by atoms with van der Waals surface area (Å²) in [5.74, 6) is -0.387. The van der Waals surface area contributed by atoms with Crippen LogP contribution in [0.1, 0.15) is 28.3 Å². The lowest BCUT2D eigenvalue weighted by Gasteiger charge is -2.24. The van der Waals surface area contributed by atoms with Crippen molar-refractivity contribution in [2.45, 2.75) is 18.9 Å². The molecule has 7 heteroatoms. The fourth-order valence-electron chi connectivity index (χ4n) is 3.04. The molecule has 0 fully saturated rings. The van der Waals surface area contributed by atoms with Gasteiger partial charge >= 0.3 is 0 Å². The molecule has 0 bridgehead atoms. The van der Waals surface area contributed by atoms with E-state index in [0.29, 0.717) is 22.9 Å². The molecule has 122 valence electrons. The maximum absolute atomic E-state index is 14.3. The summed E-state index contributed by atoms with van der Waals surface area (Å²) in [5, 5.41) is 9.56. The summed E-state index contributed by atoms with van der Waals surface area (Å²) in [5.41, 5.74) is 1.14. The van der Waals surface area contributed by atoms with Gasteiger partial charge in [-0.1, -0.05) is 23.7 Å². The summed E-state index contributed by atoms with van der Waals surface area (Å²) in [7, 11) is 0. The van der Waals surface area contributed by atoms with Gasteiger partial charge in [-0.05, 0) is 23.6 Å². The van der Waals surface area contributed by atoms with E-state index in [1.807, 2.05) is 17.5 Å². The average molecular weight is 362 g/mol. The molecule has 0 unspecified atom stereocenters. The Morgan fingerprint density at radius 3 is 3.00 bits per heavy atom. The van der Waals surface area contributed by atoms with Gasteiger partial charge in [0.2, 0.25) is 5.91 Å². The largest absolute Gasteiger partial charge is 0.311 e. The second-order valence-electron chi connectivity index (χ2n) is 5.63. The number of thiophene rings is 1. The van der Waals surface area contributed by atoms with Gasteiger partial charge in [0.15, 0.2) is 0 Å². The molecule has 4 nitrogen and oxygen atoms in total. The Kier molecular flexibility index (Phi) is 3.86. The van der Waals surface area contributed by atoms with Crippen molar-refractivity contribution in [2.75, 3.05) is 5.32 Å². The molecule has 1 atom stereocenters. The Morgan fingerprint density at radius 1 is 1.38 bits per heavy atom. The van der Waals surface area contributed by atoms with Gasteiger partial charge in [-0.2, -0.15) is 5.10 Å². The van der Waals surface area contributed by atoms with E-state index in [0.717, 1.165) is 10.4 Å². The van der Waals surface area contributed by atoms with Crippen LogP contribution in [-0.2, 0) is 11.3 Å². The first-order chi connectivity index (χ1) is 11.6. The van der Waals surface area contributed by atoms with E-state index in [1.165, 1.54) is 6.07 Å². The summed E-state index contributed by atoms with van der Waals surface area (Å²) in [6.45, 7) is 0.561. The maximum atomic E-state index is 14.3. The number of hydrogen-bond acceptors (Lipinski definition) is 3. The molecule has 0 radical (unpaired) electrons. The topological polar surface area (TPSA) is 46.9 Å². The molecule has 1 aromatic carbocycles. The van der Waals surface area contributed by atoms with E-state index >= 15 is 0 Å². The molecule has 1 aliphatic rings. The van der Waals surface area contributed by atoms with Gasteiger partial charge < -0.3 is 5.32 Å².